The van der Waals surface area contributed by atoms with E-state index in [0.717, 1.165) is 0 Å². The number of imidazole rings is 1. The normalized spacial score (nSPS) is 16.0. The van der Waals surface area contributed by atoms with Crippen molar-refractivity contribution in [3.63, 3.8) is 0 Å². The molecule has 152 valence electrons. The van der Waals surface area contributed by atoms with Gasteiger partial charge < -0.3 is 19.4 Å². The zero-order valence-corrected chi connectivity index (χ0v) is 16.9. The number of carbonyl (C=O) groups is 1. The van der Waals surface area contributed by atoms with E-state index in [0.29, 0.717) is 30.0 Å². The zero-order chi connectivity index (χ0) is 20.3. The van der Waals surface area contributed by atoms with Crippen LogP contribution in [-0.4, -0.2) is 55.5 Å². The highest BCUT2D eigenvalue weighted by Gasteiger charge is 2.33. The van der Waals surface area contributed by atoms with E-state index in [1.807, 2.05) is 0 Å². The van der Waals surface area contributed by atoms with Gasteiger partial charge >= 0.3 is 0 Å². The minimum Gasteiger partial charge on any atom is -0.497 e. The lowest BCUT2D eigenvalue weighted by atomic mass is 9.97. The smallest absolute Gasteiger partial charge is 0.262 e. The average molecular weight is 408 g/mol. The Morgan fingerprint density at radius 1 is 1.21 bits per heavy atom. The Bertz CT molecular complexity index is 949. The van der Waals surface area contributed by atoms with E-state index in [4.69, 9.17) is 9.47 Å². The summed E-state index contributed by atoms with van der Waals surface area (Å²) in [6.07, 6.45) is 3.81. The maximum absolute atomic E-state index is 12.6. The Balaban J connectivity index is 1.63. The molecule has 0 radical (unpaired) electrons. The molecule has 0 unspecified atom stereocenters. The Kier molecular flexibility index (Phi) is 5.90. The number of aromatic nitrogens is 2. The van der Waals surface area contributed by atoms with Crippen LogP contribution in [0.5, 0.6) is 11.5 Å². The van der Waals surface area contributed by atoms with E-state index < -0.39 is 10.0 Å². The van der Waals surface area contributed by atoms with Gasteiger partial charge in [0.25, 0.3) is 10.0 Å². The molecule has 10 heteroatoms. The molecule has 1 N–H and O–H groups in total. The standard InChI is InChI=1S/C18H24N4O5S/c1-21-11-17(19-12-21)28(24,25)22-8-6-13(7-9-22)18(23)20-15-5-4-14(26-2)10-16(15)27-3/h4-5,10-13H,6-9H2,1-3H3,(H,20,23). The van der Waals surface area contributed by atoms with Crippen LogP contribution in [-0.2, 0) is 21.9 Å². The number of methoxy groups -OCH3 is 2. The predicted molar refractivity (Wildman–Crippen MR) is 103 cm³/mol. The number of amides is 1. The first-order valence-electron chi connectivity index (χ1n) is 8.86. The van der Waals surface area contributed by atoms with E-state index in [9.17, 15) is 13.2 Å². The highest BCUT2D eigenvalue weighted by Crippen LogP contribution is 2.30. The summed E-state index contributed by atoms with van der Waals surface area (Å²) < 4.78 is 38.7. The minimum atomic E-state index is -3.63. The summed E-state index contributed by atoms with van der Waals surface area (Å²) in [6.45, 7) is 0.549. The van der Waals surface area contributed by atoms with Crippen molar-refractivity contribution < 1.29 is 22.7 Å². The average Bonchev–Trinajstić information content (AvgIpc) is 3.15. The number of aryl methyl sites for hydroxylation is 1. The van der Waals surface area contributed by atoms with Gasteiger partial charge in [-0.3, -0.25) is 4.79 Å². The lowest BCUT2D eigenvalue weighted by molar-refractivity contribution is -0.120. The summed E-state index contributed by atoms with van der Waals surface area (Å²) in [5.41, 5.74) is 0.553. The number of hydrogen-bond acceptors (Lipinski definition) is 6. The third-order valence-corrected chi connectivity index (χ3v) is 6.56. The minimum absolute atomic E-state index is 0.0286. The number of piperidine rings is 1. The van der Waals surface area contributed by atoms with Gasteiger partial charge in [-0.2, -0.15) is 4.31 Å². The number of sulfonamides is 1. The topological polar surface area (TPSA) is 103 Å². The van der Waals surface area contributed by atoms with Crippen LogP contribution in [0.1, 0.15) is 12.8 Å². The molecule has 2 heterocycles. The number of anilines is 1. The summed E-state index contributed by atoms with van der Waals surface area (Å²) in [4.78, 5) is 16.6. The second kappa shape index (κ2) is 8.19. The van der Waals surface area contributed by atoms with Crippen molar-refractivity contribution in [3.8, 4) is 11.5 Å². The van der Waals surface area contributed by atoms with Gasteiger partial charge in [-0.05, 0) is 25.0 Å². The van der Waals surface area contributed by atoms with Crippen molar-refractivity contribution in [2.75, 3.05) is 32.6 Å². The molecule has 3 rings (SSSR count). The van der Waals surface area contributed by atoms with Crippen LogP contribution < -0.4 is 14.8 Å². The van der Waals surface area contributed by atoms with Crippen molar-refractivity contribution in [1.29, 1.82) is 0 Å². The molecule has 1 fully saturated rings. The molecule has 0 spiro atoms. The number of hydrogen-bond donors (Lipinski definition) is 1. The molecule has 0 atom stereocenters. The predicted octanol–water partition coefficient (Wildman–Crippen LogP) is 1.48. The Labute approximate surface area is 164 Å². The van der Waals surface area contributed by atoms with Gasteiger partial charge in [0, 0.05) is 38.3 Å². The largest absolute Gasteiger partial charge is 0.497 e. The van der Waals surface area contributed by atoms with Crippen molar-refractivity contribution in [3.05, 3.63) is 30.7 Å². The fourth-order valence-corrected chi connectivity index (χ4v) is 4.59. The third-order valence-electron chi connectivity index (χ3n) is 4.78. The highest BCUT2D eigenvalue weighted by molar-refractivity contribution is 7.89. The first-order chi connectivity index (χ1) is 13.3. The molecule has 1 saturated heterocycles. The van der Waals surface area contributed by atoms with Gasteiger partial charge in [0.2, 0.25) is 5.91 Å². The fraction of sp³-hybridized carbons (Fsp3) is 0.444. The first kappa shape index (κ1) is 20.2. The van der Waals surface area contributed by atoms with E-state index in [-0.39, 0.29) is 29.9 Å². The zero-order valence-electron chi connectivity index (χ0n) is 16.1. The lowest BCUT2D eigenvalue weighted by Crippen LogP contribution is -2.41. The summed E-state index contributed by atoms with van der Waals surface area (Å²) >= 11 is 0. The molecular formula is C18H24N4O5S. The van der Waals surface area contributed by atoms with Crippen LogP contribution in [0, 0.1) is 5.92 Å². The van der Waals surface area contributed by atoms with Crippen LogP contribution in [0.25, 0.3) is 0 Å². The quantitative estimate of drug-likeness (QED) is 0.777. The highest BCUT2D eigenvalue weighted by atomic mass is 32.2. The third kappa shape index (κ3) is 4.12. The molecule has 1 aliphatic rings. The van der Waals surface area contributed by atoms with E-state index in [1.165, 1.54) is 23.9 Å². The van der Waals surface area contributed by atoms with Crippen molar-refractivity contribution in [1.82, 2.24) is 13.9 Å². The van der Waals surface area contributed by atoms with Crippen molar-refractivity contribution in [2.24, 2.45) is 13.0 Å². The van der Waals surface area contributed by atoms with Gasteiger partial charge in [-0.15, -0.1) is 0 Å². The fourth-order valence-electron chi connectivity index (χ4n) is 3.15. The summed E-state index contributed by atoms with van der Waals surface area (Å²) in [5.74, 6) is 0.700. The summed E-state index contributed by atoms with van der Waals surface area (Å²) in [7, 11) is 1.16. The van der Waals surface area contributed by atoms with Gasteiger partial charge in [-0.1, -0.05) is 0 Å². The van der Waals surface area contributed by atoms with E-state index in [2.05, 4.69) is 10.3 Å². The molecule has 0 bridgehead atoms. The summed E-state index contributed by atoms with van der Waals surface area (Å²) in [5, 5.41) is 2.90. The van der Waals surface area contributed by atoms with Crippen molar-refractivity contribution >= 4 is 21.6 Å². The van der Waals surface area contributed by atoms with Gasteiger partial charge in [0.15, 0.2) is 5.03 Å². The van der Waals surface area contributed by atoms with Crippen LogP contribution in [0.15, 0.2) is 35.7 Å². The second-order valence-electron chi connectivity index (χ2n) is 6.61. The molecular weight excluding hydrogens is 384 g/mol. The number of benzene rings is 1. The maximum Gasteiger partial charge on any atom is 0.262 e. The Morgan fingerprint density at radius 2 is 1.93 bits per heavy atom. The van der Waals surface area contributed by atoms with Crippen LogP contribution in [0.2, 0.25) is 0 Å². The second-order valence-corrected chi connectivity index (χ2v) is 8.50. The van der Waals surface area contributed by atoms with E-state index >= 15 is 0 Å². The van der Waals surface area contributed by atoms with Gasteiger partial charge in [0.05, 0.1) is 26.2 Å². The van der Waals surface area contributed by atoms with Crippen molar-refractivity contribution in [2.45, 2.75) is 17.9 Å². The van der Waals surface area contributed by atoms with Gasteiger partial charge in [-0.25, -0.2) is 13.4 Å². The molecule has 2 aromatic rings. The first-order valence-corrected chi connectivity index (χ1v) is 10.3. The molecule has 9 nitrogen and oxygen atoms in total. The van der Waals surface area contributed by atoms with Crippen LogP contribution in [0.3, 0.4) is 0 Å². The lowest BCUT2D eigenvalue weighted by Gasteiger charge is -2.30. The Hall–Kier alpha value is -2.59. The molecule has 0 aliphatic carbocycles. The molecule has 1 amide bonds. The molecule has 28 heavy (non-hydrogen) atoms. The van der Waals surface area contributed by atoms with Crippen LogP contribution in [0.4, 0.5) is 5.69 Å². The molecule has 1 aromatic carbocycles. The SMILES string of the molecule is COc1ccc(NC(=O)C2CCN(S(=O)(=O)c3cn(C)cn3)CC2)c(OC)c1. The summed E-state index contributed by atoms with van der Waals surface area (Å²) in [6, 6.07) is 5.15. The van der Waals surface area contributed by atoms with E-state index in [1.54, 1.807) is 36.9 Å². The molecule has 1 aromatic heterocycles. The number of ether oxygens (including phenoxy) is 2. The monoisotopic (exact) mass is 408 g/mol. The molecule has 0 saturated carbocycles. The maximum atomic E-state index is 12.6. The number of rotatable bonds is 6. The molecule has 1 aliphatic heterocycles. The Morgan fingerprint density at radius 3 is 2.50 bits per heavy atom. The van der Waals surface area contributed by atoms with Gasteiger partial charge in [0.1, 0.15) is 11.5 Å². The van der Waals surface area contributed by atoms with Crippen LogP contribution >= 0.6 is 0 Å². The number of nitrogens with one attached hydrogen (secondary N) is 1. The number of nitrogens with zero attached hydrogens (tertiary/aromatic N) is 3. The number of carbonyl (C=O) groups excluding carboxylic acids is 1.